The number of methoxy groups -OCH3 is 4. The highest BCUT2D eigenvalue weighted by Crippen LogP contribution is 2.40. The molecule has 0 unspecified atom stereocenters. The van der Waals surface area contributed by atoms with Crippen molar-refractivity contribution in [3.8, 4) is 46.0 Å². The molecular formula is C40H36F6N4O10S2. The SMILES string of the molecule is COc1ccc(/C=C/c2cc[n+]3c(c2)-c2c(ccc4c2-c2cc(/C=C/c5ccc(OC)nc5OC)cc[n+]2CC4)CC3)c(OC)n1.O=S(=O)([O-])C(F)(F)F.O=S(=O)([O-])C(F)(F)F. The fourth-order valence-electron chi connectivity index (χ4n) is 6.34. The maximum Gasteiger partial charge on any atom is 0.485 e. The summed E-state index contributed by atoms with van der Waals surface area (Å²) in [5.74, 6) is 2.11. The molecule has 0 spiro atoms. The molecule has 330 valence electrons. The average Bonchev–Trinajstić information content (AvgIpc) is 3.23. The number of aromatic nitrogens is 4. The number of hydrogen-bond donors (Lipinski definition) is 0. The van der Waals surface area contributed by atoms with E-state index in [0.717, 1.165) is 48.2 Å². The van der Waals surface area contributed by atoms with Crippen molar-refractivity contribution in [2.45, 2.75) is 36.9 Å². The van der Waals surface area contributed by atoms with Crippen molar-refractivity contribution in [3.63, 3.8) is 0 Å². The van der Waals surface area contributed by atoms with Gasteiger partial charge in [0.2, 0.25) is 34.9 Å². The maximum absolute atomic E-state index is 10.7. The summed E-state index contributed by atoms with van der Waals surface area (Å²) in [6.07, 6.45) is 14.7. The minimum absolute atomic E-state index is 0.523. The van der Waals surface area contributed by atoms with Gasteiger partial charge in [-0.1, -0.05) is 24.3 Å². The lowest BCUT2D eigenvalue weighted by atomic mass is 9.84. The predicted octanol–water partition coefficient (Wildman–Crippen LogP) is 5.98. The number of halogens is 6. The van der Waals surface area contributed by atoms with Gasteiger partial charge < -0.3 is 28.1 Å². The summed E-state index contributed by atoms with van der Waals surface area (Å²) >= 11 is 0. The van der Waals surface area contributed by atoms with Gasteiger partial charge in [0.05, 0.1) is 39.6 Å². The van der Waals surface area contributed by atoms with Gasteiger partial charge in [-0.2, -0.15) is 45.4 Å². The van der Waals surface area contributed by atoms with E-state index in [-0.39, 0.29) is 0 Å². The molecule has 0 saturated heterocycles. The largest absolute Gasteiger partial charge is 0.741 e. The first-order valence-electron chi connectivity index (χ1n) is 17.9. The number of nitrogens with zero attached hydrogens (tertiary/aromatic N) is 4. The third-order valence-corrected chi connectivity index (χ3v) is 10.4. The molecule has 4 aromatic heterocycles. The summed E-state index contributed by atoms with van der Waals surface area (Å²) in [5.41, 5.74) is 0.548. The van der Waals surface area contributed by atoms with Gasteiger partial charge in [-0.25, -0.2) is 16.8 Å². The molecule has 0 aliphatic carbocycles. The van der Waals surface area contributed by atoms with Gasteiger partial charge in [-0.3, -0.25) is 0 Å². The molecule has 6 heterocycles. The second kappa shape index (κ2) is 18.9. The number of alkyl halides is 6. The van der Waals surface area contributed by atoms with Crippen LogP contribution < -0.4 is 28.1 Å². The fraction of sp³-hybridized carbons (Fsp3) is 0.250. The van der Waals surface area contributed by atoms with E-state index >= 15 is 0 Å². The van der Waals surface area contributed by atoms with Crippen molar-refractivity contribution in [3.05, 3.63) is 106 Å². The van der Waals surface area contributed by atoms with Crippen LogP contribution in [0.5, 0.6) is 23.5 Å². The van der Waals surface area contributed by atoms with E-state index in [2.05, 4.69) is 80.0 Å². The highest BCUT2D eigenvalue weighted by Gasteiger charge is 2.38. The molecule has 0 amide bonds. The Morgan fingerprint density at radius 1 is 0.565 bits per heavy atom. The molecule has 22 heteroatoms. The smallest absolute Gasteiger partial charge is 0.485 e. The maximum atomic E-state index is 10.7. The molecule has 7 rings (SSSR count). The third kappa shape index (κ3) is 11.0. The number of fused-ring (bicyclic) bond motifs is 7. The molecule has 5 aromatic rings. The lowest BCUT2D eigenvalue weighted by Gasteiger charge is -2.23. The number of aryl methyl sites for hydroxylation is 4. The van der Waals surface area contributed by atoms with Gasteiger partial charge in [0, 0.05) is 60.4 Å². The van der Waals surface area contributed by atoms with Crippen LogP contribution in [-0.2, 0) is 46.2 Å². The summed E-state index contributed by atoms with van der Waals surface area (Å²) < 4.78 is 144. The Kier molecular flexibility index (Phi) is 14.3. The lowest BCUT2D eigenvalue weighted by Crippen LogP contribution is -2.43. The zero-order valence-corrected chi connectivity index (χ0v) is 34.7. The van der Waals surface area contributed by atoms with E-state index in [1.54, 1.807) is 28.4 Å². The summed E-state index contributed by atoms with van der Waals surface area (Å²) in [7, 11) is -5.73. The predicted molar refractivity (Wildman–Crippen MR) is 209 cm³/mol. The Hall–Kier alpha value is -6.10. The molecule has 0 fully saturated rings. The Balaban J connectivity index is 0.000000386. The van der Waals surface area contributed by atoms with Crippen LogP contribution in [0, 0.1) is 0 Å². The molecule has 0 radical (unpaired) electrons. The monoisotopic (exact) mass is 910 g/mol. The van der Waals surface area contributed by atoms with E-state index in [9.17, 15) is 26.3 Å². The number of benzene rings is 1. The average molecular weight is 911 g/mol. The van der Waals surface area contributed by atoms with Crippen LogP contribution >= 0.6 is 0 Å². The van der Waals surface area contributed by atoms with E-state index < -0.39 is 31.3 Å². The van der Waals surface area contributed by atoms with Crippen molar-refractivity contribution < 1.29 is 80.4 Å². The fourth-order valence-corrected chi connectivity index (χ4v) is 6.34. The van der Waals surface area contributed by atoms with E-state index in [4.69, 9.17) is 44.9 Å². The van der Waals surface area contributed by atoms with Crippen LogP contribution in [0.2, 0.25) is 0 Å². The minimum atomic E-state index is -6.09. The summed E-state index contributed by atoms with van der Waals surface area (Å²) in [5, 5.41) is 0. The van der Waals surface area contributed by atoms with Crippen LogP contribution in [0.1, 0.15) is 33.4 Å². The molecule has 0 N–H and O–H groups in total. The molecule has 62 heavy (non-hydrogen) atoms. The normalized spacial score (nSPS) is 13.4. The van der Waals surface area contributed by atoms with Crippen LogP contribution in [0.15, 0.2) is 73.1 Å². The van der Waals surface area contributed by atoms with Crippen molar-refractivity contribution in [2.24, 2.45) is 0 Å². The molecule has 14 nitrogen and oxygen atoms in total. The number of hydrogen-bond acceptors (Lipinski definition) is 12. The molecular weight excluding hydrogens is 875 g/mol. The zero-order valence-electron chi connectivity index (χ0n) is 33.0. The second-order valence-electron chi connectivity index (χ2n) is 13.1. The number of rotatable bonds is 8. The molecule has 0 bridgehead atoms. The quantitative estimate of drug-likeness (QED) is 0.0770. The molecule has 1 aromatic carbocycles. The van der Waals surface area contributed by atoms with Crippen molar-refractivity contribution in [2.75, 3.05) is 28.4 Å². The van der Waals surface area contributed by atoms with E-state index in [0.29, 0.717) is 23.5 Å². The Morgan fingerprint density at radius 3 is 1.23 bits per heavy atom. The highest BCUT2D eigenvalue weighted by atomic mass is 32.2. The standard InChI is InChI=1S/C38H36N4O4.2CHF3O3S/c1-43-33-13-11-29(37(39-33)45-3)7-5-25-15-19-41-21-17-27-9-10-28-18-22-42-20-16-26(24-32(42)36(28)35(27)31(41)23-25)6-8-30-12-14-34(44-2)40-38(30)46-4;2*2-1(3,4)8(5,6)7/h5-16,19-20,23-24H,17-18,21-22H2,1-4H3;2*(H,5,6,7)/q+2;;/p-2. The Morgan fingerprint density at radius 2 is 0.919 bits per heavy atom. The second-order valence-corrected chi connectivity index (χ2v) is 15.8. The van der Waals surface area contributed by atoms with Crippen LogP contribution in [-0.4, -0.2) is 75.4 Å². The Labute approximate surface area is 351 Å². The topological polar surface area (TPSA) is 185 Å². The summed E-state index contributed by atoms with van der Waals surface area (Å²) in [6.45, 7) is 1.89. The van der Waals surface area contributed by atoms with Crippen molar-refractivity contribution in [1.82, 2.24) is 9.97 Å². The Bertz CT molecular complexity index is 2560. The van der Waals surface area contributed by atoms with E-state index in [1.807, 2.05) is 36.4 Å². The van der Waals surface area contributed by atoms with Gasteiger partial charge in [-0.05, 0) is 46.5 Å². The highest BCUT2D eigenvalue weighted by molar-refractivity contribution is 7.86. The number of ether oxygens (including phenoxy) is 4. The van der Waals surface area contributed by atoms with Crippen LogP contribution in [0.4, 0.5) is 26.3 Å². The molecule has 0 atom stereocenters. The number of pyridine rings is 4. The molecule has 0 saturated carbocycles. The van der Waals surface area contributed by atoms with Crippen molar-refractivity contribution >= 4 is 44.5 Å². The van der Waals surface area contributed by atoms with Crippen LogP contribution in [0.3, 0.4) is 0 Å². The first-order chi connectivity index (χ1) is 29.1. The third-order valence-electron chi connectivity index (χ3n) is 9.26. The van der Waals surface area contributed by atoms with Crippen molar-refractivity contribution in [1.29, 1.82) is 0 Å². The summed E-state index contributed by atoms with van der Waals surface area (Å²) in [6, 6.07) is 21.2. The molecule has 2 aliphatic heterocycles. The van der Waals surface area contributed by atoms with Gasteiger partial charge in [0.25, 0.3) is 0 Å². The van der Waals surface area contributed by atoms with Gasteiger partial charge >= 0.3 is 11.0 Å². The first kappa shape index (κ1) is 47.0. The first-order valence-corrected chi connectivity index (χ1v) is 20.7. The van der Waals surface area contributed by atoms with Gasteiger partial charge in [0.15, 0.2) is 45.7 Å². The zero-order chi connectivity index (χ0) is 45.6. The lowest BCUT2D eigenvalue weighted by molar-refractivity contribution is -0.689. The van der Waals surface area contributed by atoms with E-state index in [1.165, 1.54) is 33.6 Å². The summed E-state index contributed by atoms with van der Waals surface area (Å²) in [4.78, 5) is 8.85. The minimum Gasteiger partial charge on any atom is -0.741 e. The van der Waals surface area contributed by atoms with Gasteiger partial charge in [-0.15, -0.1) is 0 Å². The van der Waals surface area contributed by atoms with Crippen LogP contribution in [0.25, 0.3) is 46.8 Å². The van der Waals surface area contributed by atoms with Gasteiger partial charge in [0.1, 0.15) is 0 Å². The molecule has 2 aliphatic rings.